The molecule has 2 heterocycles. The van der Waals surface area contributed by atoms with Crippen molar-refractivity contribution in [2.24, 2.45) is 7.05 Å². The zero-order chi connectivity index (χ0) is 16.3. The monoisotopic (exact) mass is 325 g/mol. The van der Waals surface area contributed by atoms with Gasteiger partial charge in [0.15, 0.2) is 0 Å². The number of hydrogen-bond donors (Lipinski definition) is 1. The molecule has 22 heavy (non-hydrogen) atoms. The second-order valence-corrected chi connectivity index (χ2v) is 6.53. The molecule has 0 aromatic carbocycles. The highest BCUT2D eigenvalue weighted by molar-refractivity contribution is 7.20. The molecule has 7 heteroatoms. The Kier molecular flexibility index (Phi) is 5.55. The number of aromatic nitrogens is 2. The van der Waals surface area contributed by atoms with E-state index in [-0.39, 0.29) is 12.5 Å². The summed E-state index contributed by atoms with van der Waals surface area (Å²) in [7, 11) is 3.50. The lowest BCUT2D eigenvalue weighted by molar-refractivity contribution is 0.0661. The third-order valence-corrected chi connectivity index (χ3v) is 4.71. The molecule has 0 aliphatic heterocycles. The lowest BCUT2D eigenvalue weighted by Gasteiger charge is -2.20. The summed E-state index contributed by atoms with van der Waals surface area (Å²) < 4.78 is 6.86. The Balaban J connectivity index is 2.32. The summed E-state index contributed by atoms with van der Waals surface area (Å²) in [4.78, 5) is 15.9. The van der Waals surface area contributed by atoms with Gasteiger partial charge in [0.2, 0.25) is 0 Å². The van der Waals surface area contributed by atoms with Crippen LogP contribution in [0.4, 0.5) is 0 Å². The molecule has 1 N–H and O–H groups in total. The van der Waals surface area contributed by atoms with Gasteiger partial charge in [-0.2, -0.15) is 5.10 Å². The van der Waals surface area contributed by atoms with Crippen LogP contribution >= 0.6 is 11.3 Å². The average molecular weight is 325 g/mol. The number of carbonyl (C=O) groups is 1. The molecule has 6 nitrogen and oxygen atoms in total. The summed E-state index contributed by atoms with van der Waals surface area (Å²) >= 11 is 1.44. The Bertz CT molecular complexity index is 648. The van der Waals surface area contributed by atoms with Gasteiger partial charge in [0.05, 0.1) is 23.8 Å². The zero-order valence-electron chi connectivity index (χ0n) is 13.5. The molecular weight excluding hydrogens is 302 g/mol. The first kappa shape index (κ1) is 16.9. The molecule has 122 valence electrons. The number of aliphatic hydroxyl groups excluding tert-OH is 1. The summed E-state index contributed by atoms with van der Waals surface area (Å²) in [5.41, 5.74) is 1.01. The van der Waals surface area contributed by atoms with Gasteiger partial charge in [-0.1, -0.05) is 13.8 Å². The molecule has 2 aromatic rings. The molecule has 0 bridgehead atoms. The number of fused-ring (bicyclic) bond motifs is 1. The number of ether oxygens (including phenoxy) is 1. The highest BCUT2D eigenvalue weighted by atomic mass is 32.1. The Hall–Kier alpha value is -1.44. The third-order valence-electron chi connectivity index (χ3n) is 3.52. The minimum Gasteiger partial charge on any atom is -0.395 e. The van der Waals surface area contributed by atoms with E-state index in [1.54, 1.807) is 12.0 Å². The van der Waals surface area contributed by atoms with Gasteiger partial charge in [-0.25, -0.2) is 0 Å². The van der Waals surface area contributed by atoms with E-state index in [9.17, 15) is 4.79 Å². The lowest BCUT2D eigenvalue weighted by atomic mass is 10.1. The normalized spacial score (nSPS) is 11.5. The SMILES string of the molecule is COCCN(CCO)C(=O)c1cc2c(C(C)C)nn(C)c2s1. The summed E-state index contributed by atoms with van der Waals surface area (Å²) in [5.74, 6) is 0.241. The number of aryl methyl sites for hydroxylation is 1. The van der Waals surface area contributed by atoms with Crippen LogP contribution in [0.15, 0.2) is 6.07 Å². The van der Waals surface area contributed by atoms with Gasteiger partial charge in [-0.3, -0.25) is 9.48 Å². The molecule has 0 saturated heterocycles. The zero-order valence-corrected chi connectivity index (χ0v) is 14.3. The quantitative estimate of drug-likeness (QED) is 0.843. The molecule has 1 amide bonds. The van der Waals surface area contributed by atoms with Crippen molar-refractivity contribution in [2.45, 2.75) is 19.8 Å². The Morgan fingerprint density at radius 3 is 2.82 bits per heavy atom. The Labute approximate surface area is 134 Å². The minimum absolute atomic E-state index is 0.0564. The van der Waals surface area contributed by atoms with E-state index < -0.39 is 0 Å². The van der Waals surface area contributed by atoms with Crippen LogP contribution in [0.1, 0.15) is 35.1 Å². The minimum atomic E-state index is -0.0676. The molecule has 0 aliphatic rings. The molecule has 2 aromatic heterocycles. The number of methoxy groups -OCH3 is 1. The topological polar surface area (TPSA) is 67.6 Å². The van der Waals surface area contributed by atoms with Crippen LogP contribution in [-0.2, 0) is 11.8 Å². The van der Waals surface area contributed by atoms with E-state index in [0.29, 0.717) is 30.5 Å². The number of amides is 1. The van der Waals surface area contributed by atoms with E-state index in [1.165, 1.54) is 11.3 Å². The van der Waals surface area contributed by atoms with Crippen molar-refractivity contribution in [3.63, 3.8) is 0 Å². The number of rotatable bonds is 7. The van der Waals surface area contributed by atoms with Gasteiger partial charge in [-0.15, -0.1) is 11.3 Å². The number of nitrogens with zero attached hydrogens (tertiary/aromatic N) is 3. The van der Waals surface area contributed by atoms with Crippen LogP contribution in [0.3, 0.4) is 0 Å². The maximum Gasteiger partial charge on any atom is 0.264 e. The third kappa shape index (κ3) is 3.31. The van der Waals surface area contributed by atoms with E-state index in [0.717, 1.165) is 15.9 Å². The highest BCUT2D eigenvalue weighted by Gasteiger charge is 2.21. The molecule has 0 saturated carbocycles. The van der Waals surface area contributed by atoms with Gasteiger partial charge < -0.3 is 14.7 Å². The number of hydrogen-bond acceptors (Lipinski definition) is 5. The number of thiophene rings is 1. The van der Waals surface area contributed by atoms with Gasteiger partial charge in [0, 0.05) is 32.6 Å². The van der Waals surface area contributed by atoms with Crippen LogP contribution < -0.4 is 0 Å². The standard InChI is InChI=1S/C15H23N3O3S/c1-10(2)13-11-9-12(22-15(11)17(3)16-13)14(20)18(5-7-19)6-8-21-4/h9-10,19H,5-8H2,1-4H3. The van der Waals surface area contributed by atoms with Crippen LogP contribution in [0, 0.1) is 0 Å². The molecule has 0 radical (unpaired) electrons. The van der Waals surface area contributed by atoms with Crippen LogP contribution in [0.2, 0.25) is 0 Å². The molecular formula is C15H23N3O3S. The Morgan fingerprint density at radius 1 is 1.50 bits per heavy atom. The first-order chi connectivity index (χ1) is 10.5. The second-order valence-electron chi connectivity index (χ2n) is 5.50. The predicted molar refractivity (Wildman–Crippen MR) is 87.5 cm³/mol. The molecule has 0 unspecified atom stereocenters. The second kappa shape index (κ2) is 7.21. The van der Waals surface area contributed by atoms with Gasteiger partial charge >= 0.3 is 0 Å². The number of carbonyl (C=O) groups excluding carboxylic acids is 1. The summed E-state index contributed by atoms with van der Waals surface area (Å²) in [6, 6.07) is 1.92. The molecule has 2 rings (SSSR count). The van der Waals surface area contributed by atoms with Crippen LogP contribution in [0.5, 0.6) is 0 Å². The van der Waals surface area contributed by atoms with Crippen molar-refractivity contribution in [3.8, 4) is 0 Å². The first-order valence-electron chi connectivity index (χ1n) is 7.35. The van der Waals surface area contributed by atoms with E-state index in [1.807, 2.05) is 17.8 Å². The van der Waals surface area contributed by atoms with E-state index in [4.69, 9.17) is 9.84 Å². The largest absolute Gasteiger partial charge is 0.395 e. The Morgan fingerprint density at radius 2 is 2.23 bits per heavy atom. The molecule has 0 fully saturated rings. The van der Waals surface area contributed by atoms with E-state index in [2.05, 4.69) is 18.9 Å². The lowest BCUT2D eigenvalue weighted by Crippen LogP contribution is -2.35. The average Bonchev–Trinajstić information content (AvgIpc) is 3.03. The summed E-state index contributed by atoms with van der Waals surface area (Å²) in [6.45, 7) is 5.37. The van der Waals surface area contributed by atoms with Gasteiger partial charge in [0.25, 0.3) is 5.91 Å². The van der Waals surface area contributed by atoms with Crippen molar-refractivity contribution in [1.29, 1.82) is 0 Å². The van der Waals surface area contributed by atoms with Crippen LogP contribution in [0.25, 0.3) is 10.2 Å². The van der Waals surface area contributed by atoms with Gasteiger partial charge in [0.1, 0.15) is 4.83 Å². The van der Waals surface area contributed by atoms with Crippen LogP contribution in [-0.4, -0.2) is 59.1 Å². The van der Waals surface area contributed by atoms with Crippen molar-refractivity contribution >= 4 is 27.5 Å². The highest BCUT2D eigenvalue weighted by Crippen LogP contribution is 2.32. The fourth-order valence-electron chi connectivity index (χ4n) is 2.39. The van der Waals surface area contributed by atoms with E-state index >= 15 is 0 Å². The number of aliphatic hydroxyl groups is 1. The summed E-state index contributed by atoms with van der Waals surface area (Å²) in [5, 5.41) is 14.7. The van der Waals surface area contributed by atoms with Crippen molar-refractivity contribution in [2.75, 3.05) is 33.4 Å². The molecule has 0 aliphatic carbocycles. The van der Waals surface area contributed by atoms with Crippen molar-refractivity contribution in [3.05, 3.63) is 16.6 Å². The maximum atomic E-state index is 12.6. The fourth-order valence-corrected chi connectivity index (χ4v) is 3.44. The summed E-state index contributed by atoms with van der Waals surface area (Å²) in [6.07, 6.45) is 0. The van der Waals surface area contributed by atoms with Gasteiger partial charge in [-0.05, 0) is 12.0 Å². The van der Waals surface area contributed by atoms with Crippen molar-refractivity contribution in [1.82, 2.24) is 14.7 Å². The molecule has 0 atom stereocenters. The molecule has 0 spiro atoms. The maximum absolute atomic E-state index is 12.6. The van der Waals surface area contributed by atoms with Crippen molar-refractivity contribution < 1.29 is 14.6 Å². The predicted octanol–water partition coefficient (Wildman–Crippen LogP) is 1.84. The first-order valence-corrected chi connectivity index (χ1v) is 8.16. The smallest absolute Gasteiger partial charge is 0.264 e. The fraction of sp³-hybridized carbons (Fsp3) is 0.600.